The minimum Gasteiger partial charge on any atom is -0.309 e. The molecule has 2 aromatic rings. The van der Waals surface area contributed by atoms with Gasteiger partial charge in [0.1, 0.15) is 11.6 Å². The van der Waals surface area contributed by atoms with E-state index >= 15 is 0 Å². The second-order valence-electron chi connectivity index (χ2n) is 4.47. The molecule has 112 valence electrons. The lowest BCUT2D eigenvalue weighted by Gasteiger charge is -2.22. The maximum Gasteiger partial charge on any atom is 0.416 e. The predicted molar refractivity (Wildman–Crippen MR) is 68.7 cm³/mol. The summed E-state index contributed by atoms with van der Waals surface area (Å²) < 4.78 is 65.9. The van der Waals surface area contributed by atoms with Crippen LogP contribution < -0.4 is 5.32 Å². The molecule has 0 heterocycles. The number of rotatable bonds is 3. The second kappa shape index (κ2) is 5.81. The summed E-state index contributed by atoms with van der Waals surface area (Å²) in [5, 5.41) is 2.64. The molecule has 2 aromatic carbocycles. The average molecular weight is 301 g/mol. The van der Waals surface area contributed by atoms with Crippen LogP contribution in [0.2, 0.25) is 0 Å². The SMILES string of the molecule is CNC(c1ccc(F)cc1F)c1ccccc1C(F)(F)F. The van der Waals surface area contributed by atoms with Crippen molar-refractivity contribution in [1.82, 2.24) is 5.32 Å². The molecule has 0 bridgehead atoms. The Bertz CT molecular complexity index is 636. The highest BCUT2D eigenvalue weighted by Gasteiger charge is 2.35. The lowest BCUT2D eigenvalue weighted by atomic mass is 9.94. The first-order valence-corrected chi connectivity index (χ1v) is 6.13. The highest BCUT2D eigenvalue weighted by Crippen LogP contribution is 2.36. The third-order valence-corrected chi connectivity index (χ3v) is 3.14. The minimum absolute atomic E-state index is 0.0457. The molecule has 0 aromatic heterocycles. The van der Waals surface area contributed by atoms with Gasteiger partial charge >= 0.3 is 6.18 Å². The Balaban J connectivity index is 2.57. The molecule has 1 unspecified atom stereocenters. The summed E-state index contributed by atoms with van der Waals surface area (Å²) in [5.74, 6) is -1.68. The summed E-state index contributed by atoms with van der Waals surface area (Å²) in [5.41, 5.74) is -1.01. The van der Waals surface area contributed by atoms with Crippen molar-refractivity contribution in [3.05, 3.63) is 70.8 Å². The molecular weight excluding hydrogens is 289 g/mol. The van der Waals surface area contributed by atoms with Gasteiger partial charge in [-0.1, -0.05) is 24.3 Å². The number of halogens is 5. The molecule has 0 radical (unpaired) electrons. The van der Waals surface area contributed by atoms with E-state index in [1.807, 2.05) is 0 Å². The van der Waals surface area contributed by atoms with Gasteiger partial charge in [-0.25, -0.2) is 8.78 Å². The van der Waals surface area contributed by atoms with Gasteiger partial charge in [0.2, 0.25) is 0 Å². The van der Waals surface area contributed by atoms with Crippen molar-refractivity contribution in [3.8, 4) is 0 Å². The molecule has 2 rings (SSSR count). The van der Waals surface area contributed by atoms with Crippen LogP contribution in [0.25, 0.3) is 0 Å². The highest BCUT2D eigenvalue weighted by atomic mass is 19.4. The lowest BCUT2D eigenvalue weighted by molar-refractivity contribution is -0.138. The molecule has 0 saturated heterocycles. The van der Waals surface area contributed by atoms with E-state index in [1.54, 1.807) is 0 Å². The maximum absolute atomic E-state index is 13.8. The first kappa shape index (κ1) is 15.4. The summed E-state index contributed by atoms with van der Waals surface area (Å²) >= 11 is 0. The Morgan fingerprint density at radius 3 is 2.19 bits per heavy atom. The topological polar surface area (TPSA) is 12.0 Å². The molecule has 0 fully saturated rings. The van der Waals surface area contributed by atoms with Crippen molar-refractivity contribution in [2.45, 2.75) is 12.2 Å². The fourth-order valence-electron chi connectivity index (χ4n) is 2.22. The maximum atomic E-state index is 13.8. The minimum atomic E-state index is -4.55. The molecule has 1 atom stereocenters. The van der Waals surface area contributed by atoms with E-state index in [9.17, 15) is 22.0 Å². The predicted octanol–water partition coefficient (Wildman–Crippen LogP) is 4.29. The van der Waals surface area contributed by atoms with Crippen LogP contribution in [0.3, 0.4) is 0 Å². The molecule has 0 spiro atoms. The molecule has 0 aliphatic rings. The number of benzene rings is 2. The Morgan fingerprint density at radius 1 is 0.952 bits per heavy atom. The molecule has 0 aliphatic heterocycles. The van der Waals surface area contributed by atoms with Crippen LogP contribution in [0, 0.1) is 11.6 Å². The largest absolute Gasteiger partial charge is 0.416 e. The molecular formula is C15H12F5N. The lowest BCUT2D eigenvalue weighted by Crippen LogP contribution is -2.23. The summed E-state index contributed by atoms with van der Waals surface area (Å²) in [6, 6.07) is 6.68. The number of alkyl halides is 3. The van der Waals surface area contributed by atoms with Gasteiger partial charge in [-0.3, -0.25) is 0 Å². The van der Waals surface area contributed by atoms with E-state index in [2.05, 4.69) is 5.32 Å². The second-order valence-corrected chi connectivity index (χ2v) is 4.47. The first-order valence-electron chi connectivity index (χ1n) is 6.13. The van der Waals surface area contributed by atoms with E-state index in [-0.39, 0.29) is 11.1 Å². The summed E-state index contributed by atoms with van der Waals surface area (Å²) in [7, 11) is 1.42. The smallest absolute Gasteiger partial charge is 0.309 e. The number of nitrogens with one attached hydrogen (secondary N) is 1. The van der Waals surface area contributed by atoms with Crippen molar-refractivity contribution in [2.24, 2.45) is 0 Å². The fourth-order valence-corrected chi connectivity index (χ4v) is 2.22. The van der Waals surface area contributed by atoms with Gasteiger partial charge in [0.05, 0.1) is 11.6 Å². The fraction of sp³-hybridized carbons (Fsp3) is 0.200. The zero-order chi connectivity index (χ0) is 15.6. The van der Waals surface area contributed by atoms with Crippen LogP contribution in [0.5, 0.6) is 0 Å². The summed E-state index contributed by atoms with van der Waals surface area (Å²) in [6.45, 7) is 0. The van der Waals surface area contributed by atoms with Crippen LogP contribution in [-0.4, -0.2) is 7.05 Å². The zero-order valence-electron chi connectivity index (χ0n) is 11.0. The van der Waals surface area contributed by atoms with E-state index in [0.29, 0.717) is 6.07 Å². The highest BCUT2D eigenvalue weighted by molar-refractivity contribution is 5.39. The Morgan fingerprint density at radius 2 is 1.62 bits per heavy atom. The van der Waals surface area contributed by atoms with Crippen LogP contribution >= 0.6 is 0 Å². The van der Waals surface area contributed by atoms with E-state index in [0.717, 1.165) is 18.2 Å². The van der Waals surface area contributed by atoms with Crippen molar-refractivity contribution < 1.29 is 22.0 Å². The normalized spacial score (nSPS) is 13.2. The van der Waals surface area contributed by atoms with Crippen molar-refractivity contribution in [3.63, 3.8) is 0 Å². The molecule has 1 nitrogen and oxygen atoms in total. The van der Waals surface area contributed by atoms with Gasteiger partial charge in [0.25, 0.3) is 0 Å². The van der Waals surface area contributed by atoms with E-state index in [4.69, 9.17) is 0 Å². The summed E-state index contributed by atoms with van der Waals surface area (Å²) in [4.78, 5) is 0. The quantitative estimate of drug-likeness (QED) is 0.834. The number of hydrogen-bond acceptors (Lipinski definition) is 1. The van der Waals surface area contributed by atoms with Gasteiger partial charge in [0, 0.05) is 11.6 Å². The van der Waals surface area contributed by atoms with Gasteiger partial charge in [-0.2, -0.15) is 13.2 Å². The molecule has 6 heteroatoms. The molecule has 0 saturated carbocycles. The van der Waals surface area contributed by atoms with Crippen LogP contribution in [-0.2, 0) is 6.18 Å². The van der Waals surface area contributed by atoms with Gasteiger partial charge < -0.3 is 5.32 Å². The Kier molecular flexibility index (Phi) is 4.27. The van der Waals surface area contributed by atoms with Gasteiger partial charge in [-0.05, 0) is 24.7 Å². The molecule has 21 heavy (non-hydrogen) atoms. The van der Waals surface area contributed by atoms with Crippen molar-refractivity contribution >= 4 is 0 Å². The third kappa shape index (κ3) is 3.21. The zero-order valence-corrected chi connectivity index (χ0v) is 11.0. The molecule has 0 amide bonds. The van der Waals surface area contributed by atoms with E-state index < -0.39 is 29.4 Å². The van der Waals surface area contributed by atoms with E-state index in [1.165, 1.54) is 25.2 Å². The number of hydrogen-bond donors (Lipinski definition) is 1. The van der Waals surface area contributed by atoms with Crippen molar-refractivity contribution in [1.29, 1.82) is 0 Å². The Hall–Kier alpha value is -1.95. The van der Waals surface area contributed by atoms with Gasteiger partial charge in [0.15, 0.2) is 0 Å². The van der Waals surface area contributed by atoms with Crippen molar-refractivity contribution in [2.75, 3.05) is 7.05 Å². The molecule has 1 N–H and O–H groups in total. The summed E-state index contributed by atoms with van der Waals surface area (Å²) in [6.07, 6.45) is -4.55. The average Bonchev–Trinajstić information content (AvgIpc) is 2.41. The monoisotopic (exact) mass is 301 g/mol. The standard InChI is InChI=1S/C15H12F5N/c1-21-14(11-7-6-9(16)8-13(11)17)10-4-2-3-5-12(10)15(18,19)20/h2-8,14,21H,1H3. The third-order valence-electron chi connectivity index (χ3n) is 3.14. The molecule has 0 aliphatic carbocycles. The first-order chi connectivity index (χ1) is 9.84. The van der Waals surface area contributed by atoms with Crippen LogP contribution in [0.4, 0.5) is 22.0 Å². The van der Waals surface area contributed by atoms with Crippen LogP contribution in [0.15, 0.2) is 42.5 Å². The Labute approximate surface area is 118 Å². The van der Waals surface area contributed by atoms with Gasteiger partial charge in [-0.15, -0.1) is 0 Å². The van der Waals surface area contributed by atoms with Crippen LogP contribution in [0.1, 0.15) is 22.7 Å².